The van der Waals surface area contributed by atoms with Gasteiger partial charge in [-0.2, -0.15) is 8.78 Å². The lowest BCUT2D eigenvalue weighted by Crippen LogP contribution is -2.32. The minimum absolute atomic E-state index is 0.0356. The number of aliphatic hydroxyl groups is 1. The van der Waals surface area contributed by atoms with Gasteiger partial charge in [0.1, 0.15) is 11.5 Å². The van der Waals surface area contributed by atoms with Crippen LogP contribution in [0.4, 0.5) is 8.78 Å². The molecule has 0 aromatic heterocycles. The Morgan fingerprint density at radius 2 is 1.74 bits per heavy atom. The van der Waals surface area contributed by atoms with Gasteiger partial charge in [-0.3, -0.25) is 0 Å². The van der Waals surface area contributed by atoms with E-state index in [0.717, 1.165) is 5.56 Å². The van der Waals surface area contributed by atoms with Crippen LogP contribution in [0, 0.1) is 6.07 Å². The van der Waals surface area contributed by atoms with Gasteiger partial charge in [0.2, 0.25) is 0 Å². The molecule has 2 atom stereocenters. The van der Waals surface area contributed by atoms with Gasteiger partial charge in [0, 0.05) is 24.2 Å². The maximum absolute atomic E-state index is 14.2. The van der Waals surface area contributed by atoms with Crippen LogP contribution >= 0.6 is 0 Å². The molecule has 3 aromatic carbocycles. The normalized spacial score (nSPS) is 13.5. The first-order valence-corrected chi connectivity index (χ1v) is 10.1. The molecule has 0 aliphatic rings. The van der Waals surface area contributed by atoms with Crippen molar-refractivity contribution in [2.45, 2.75) is 31.4 Å². The van der Waals surface area contributed by atoms with E-state index in [2.05, 4.69) is 11.4 Å². The molecule has 0 bridgehead atoms. The van der Waals surface area contributed by atoms with Gasteiger partial charge < -0.3 is 20.3 Å². The first kappa shape index (κ1) is 22.7. The van der Waals surface area contributed by atoms with E-state index >= 15 is 0 Å². The maximum Gasteiger partial charge on any atom is 0.306 e. The van der Waals surface area contributed by atoms with Crippen LogP contribution in [-0.2, 0) is 12.3 Å². The molecule has 0 heterocycles. The van der Waals surface area contributed by atoms with Crippen molar-refractivity contribution in [2.75, 3.05) is 13.2 Å². The molecule has 0 saturated heterocycles. The van der Waals surface area contributed by atoms with E-state index in [-0.39, 0.29) is 17.4 Å². The fourth-order valence-electron chi connectivity index (χ4n) is 3.15. The monoisotopic (exact) mass is 426 g/mol. The van der Waals surface area contributed by atoms with Crippen LogP contribution in [0.3, 0.4) is 0 Å². The van der Waals surface area contributed by atoms with Gasteiger partial charge in [0.05, 0.1) is 6.10 Å². The molecule has 0 unspecified atom stereocenters. The topological polar surface area (TPSA) is 61.7 Å². The number of phenols is 1. The molecule has 0 amide bonds. The van der Waals surface area contributed by atoms with Crippen LogP contribution in [0.2, 0.25) is 0 Å². The zero-order valence-corrected chi connectivity index (χ0v) is 17.3. The van der Waals surface area contributed by atoms with Crippen molar-refractivity contribution in [1.82, 2.24) is 5.32 Å². The van der Waals surface area contributed by atoms with E-state index in [1.54, 1.807) is 42.5 Å². The van der Waals surface area contributed by atoms with Crippen molar-refractivity contribution in [2.24, 2.45) is 0 Å². The highest BCUT2D eigenvalue weighted by Crippen LogP contribution is 2.28. The number of phenolic OH excluding ortho intramolecular Hbond substituents is 1. The van der Waals surface area contributed by atoms with E-state index in [9.17, 15) is 19.0 Å². The zero-order chi connectivity index (χ0) is 22.3. The average Bonchev–Trinajstić information content (AvgIpc) is 2.78. The zero-order valence-electron chi connectivity index (χ0n) is 17.3. The molecule has 3 N–H and O–H groups in total. The lowest BCUT2D eigenvalue weighted by Gasteiger charge is -2.19. The third-order valence-electron chi connectivity index (χ3n) is 4.95. The molecular formula is C25H26F2NO3. The number of benzene rings is 3. The van der Waals surface area contributed by atoms with Crippen LogP contribution in [0.15, 0.2) is 72.8 Å². The Balaban J connectivity index is 1.45. The maximum atomic E-state index is 14.2. The van der Waals surface area contributed by atoms with Crippen molar-refractivity contribution < 1.29 is 23.7 Å². The van der Waals surface area contributed by atoms with Gasteiger partial charge >= 0.3 is 5.92 Å². The average molecular weight is 426 g/mol. The summed E-state index contributed by atoms with van der Waals surface area (Å²) in [6.07, 6.45) is -0.00382. The summed E-state index contributed by atoms with van der Waals surface area (Å²) in [6, 6.07) is 22.1. The van der Waals surface area contributed by atoms with Gasteiger partial charge in [0.25, 0.3) is 0 Å². The highest BCUT2D eigenvalue weighted by Gasteiger charge is 2.32. The number of alkyl halides is 2. The number of rotatable bonds is 10. The standard InChI is InChI=1S/C25H26F2NO3/c1-18(28-16-24(30)20-9-11-22(29)12-10-20)15-19-7-13-23(14-8-19)31-17-25(26,27)21-5-3-2-4-6-21/h2-11,13-14,18,24,28-30H,15-17H2,1H3/t18-,24+/m1/s1. The smallest absolute Gasteiger partial charge is 0.306 e. The minimum Gasteiger partial charge on any atom is -0.507 e. The lowest BCUT2D eigenvalue weighted by molar-refractivity contribution is -0.0467. The Morgan fingerprint density at radius 3 is 2.39 bits per heavy atom. The number of aliphatic hydroxyl groups excluding tert-OH is 1. The highest BCUT2D eigenvalue weighted by atomic mass is 19.3. The molecule has 163 valence electrons. The van der Waals surface area contributed by atoms with Gasteiger partial charge in [0.15, 0.2) is 6.61 Å². The molecule has 3 aromatic rings. The van der Waals surface area contributed by atoms with E-state index in [1.807, 2.05) is 19.1 Å². The van der Waals surface area contributed by atoms with Crippen LogP contribution in [0.5, 0.6) is 11.5 Å². The number of nitrogens with one attached hydrogen (secondary N) is 1. The van der Waals surface area contributed by atoms with Crippen LogP contribution < -0.4 is 10.1 Å². The van der Waals surface area contributed by atoms with Gasteiger partial charge in [-0.25, -0.2) is 0 Å². The summed E-state index contributed by atoms with van der Waals surface area (Å²) >= 11 is 0. The van der Waals surface area contributed by atoms with Gasteiger partial charge in [-0.05, 0) is 48.7 Å². The number of hydrogen-bond donors (Lipinski definition) is 3. The molecule has 31 heavy (non-hydrogen) atoms. The van der Waals surface area contributed by atoms with Crippen LogP contribution in [0.1, 0.15) is 29.7 Å². The first-order chi connectivity index (χ1) is 14.8. The molecule has 0 saturated carbocycles. The summed E-state index contributed by atoms with van der Waals surface area (Å²) in [5, 5.41) is 22.8. The molecule has 6 heteroatoms. The summed E-state index contributed by atoms with van der Waals surface area (Å²) < 4.78 is 33.7. The number of hydrogen-bond acceptors (Lipinski definition) is 4. The van der Waals surface area contributed by atoms with Gasteiger partial charge in [-0.15, -0.1) is 0 Å². The predicted molar refractivity (Wildman–Crippen MR) is 115 cm³/mol. The van der Waals surface area contributed by atoms with Crippen molar-refractivity contribution >= 4 is 0 Å². The summed E-state index contributed by atoms with van der Waals surface area (Å²) in [5.41, 5.74) is 1.62. The van der Waals surface area contributed by atoms with Crippen LogP contribution in [0.25, 0.3) is 0 Å². The highest BCUT2D eigenvalue weighted by molar-refractivity contribution is 5.29. The Bertz CT molecular complexity index is 931. The Kier molecular flexibility index (Phi) is 7.60. The summed E-state index contributed by atoms with van der Waals surface area (Å²) in [6.45, 7) is 1.64. The molecule has 3 rings (SSSR count). The molecular weight excluding hydrogens is 400 g/mol. The van der Waals surface area contributed by atoms with Gasteiger partial charge in [-0.1, -0.05) is 48.5 Å². The number of halogens is 2. The predicted octanol–water partition coefficient (Wildman–Crippen LogP) is 4.62. The molecule has 0 aliphatic heterocycles. The Morgan fingerprint density at radius 1 is 1.03 bits per heavy atom. The second kappa shape index (κ2) is 10.4. The Labute approximate surface area is 181 Å². The summed E-state index contributed by atoms with van der Waals surface area (Å²) in [4.78, 5) is 0. The second-order valence-electron chi connectivity index (χ2n) is 7.54. The summed E-state index contributed by atoms with van der Waals surface area (Å²) in [5.74, 6) is -2.64. The van der Waals surface area contributed by atoms with E-state index in [1.165, 1.54) is 18.2 Å². The number of ether oxygens (including phenoxy) is 1. The molecule has 0 fully saturated rings. The largest absolute Gasteiger partial charge is 0.507 e. The van der Waals surface area contributed by atoms with Crippen molar-refractivity contribution in [3.8, 4) is 11.5 Å². The fraction of sp³-hybridized carbons (Fsp3) is 0.280. The second-order valence-corrected chi connectivity index (χ2v) is 7.54. The SMILES string of the molecule is C[C@H](Cc1ccc(OCC(F)(F)c2ccccc2)cc1)NC[C@H](O)c1c[c]c(O)cc1. The summed E-state index contributed by atoms with van der Waals surface area (Å²) in [7, 11) is 0. The minimum atomic E-state index is -3.06. The third-order valence-corrected chi connectivity index (χ3v) is 4.95. The van der Waals surface area contributed by atoms with E-state index in [0.29, 0.717) is 24.3 Å². The third kappa shape index (κ3) is 6.77. The van der Waals surface area contributed by atoms with E-state index in [4.69, 9.17) is 4.74 Å². The lowest BCUT2D eigenvalue weighted by atomic mass is 10.1. The Hall–Kier alpha value is -2.96. The molecule has 0 spiro atoms. The van der Waals surface area contributed by atoms with Crippen molar-refractivity contribution in [1.29, 1.82) is 0 Å². The van der Waals surface area contributed by atoms with Crippen LogP contribution in [-0.4, -0.2) is 29.4 Å². The first-order valence-electron chi connectivity index (χ1n) is 10.1. The van der Waals surface area contributed by atoms with E-state index < -0.39 is 18.6 Å². The fourth-order valence-corrected chi connectivity index (χ4v) is 3.15. The molecule has 1 radical (unpaired) electrons. The molecule has 0 aliphatic carbocycles. The number of aromatic hydroxyl groups is 1. The van der Waals surface area contributed by atoms with Crippen molar-refractivity contribution in [3.05, 3.63) is 95.6 Å². The van der Waals surface area contributed by atoms with Crippen molar-refractivity contribution in [3.63, 3.8) is 0 Å². The quantitative estimate of drug-likeness (QED) is 0.443. The molecule has 4 nitrogen and oxygen atoms in total.